The SMILES string of the molecule is CC(C)N(CCS(=O)(=O)[O-])C(=O)CC[C@@H](C)[C@H]1CC[C@H]2[C@@H]3[C@H](O)C[C@@H]4C[C@H](O)CC[C@]4(C)[C@H]3C[C@H](O)[C@]12C. The number of carbonyl (C=O) groups excluding carboxylic acids is 1. The highest BCUT2D eigenvalue weighted by Crippen LogP contribution is 2.68. The zero-order chi connectivity index (χ0) is 28.2. The van der Waals surface area contributed by atoms with Gasteiger partial charge in [0.1, 0.15) is 0 Å². The van der Waals surface area contributed by atoms with E-state index in [2.05, 4.69) is 20.8 Å². The number of aliphatic hydroxyl groups excluding tert-OH is 3. The zero-order valence-corrected chi connectivity index (χ0v) is 24.7. The summed E-state index contributed by atoms with van der Waals surface area (Å²) >= 11 is 0. The Morgan fingerprint density at radius 2 is 1.71 bits per heavy atom. The number of rotatable bonds is 8. The summed E-state index contributed by atoms with van der Waals surface area (Å²) < 4.78 is 33.3. The van der Waals surface area contributed by atoms with Crippen LogP contribution in [0.25, 0.3) is 0 Å². The molecule has 4 saturated carbocycles. The van der Waals surface area contributed by atoms with Crippen LogP contribution in [0.5, 0.6) is 0 Å². The molecule has 4 rings (SSSR count). The standard InChI is InChI=1S/C29H51NO7S/c1-17(2)30(12-13-38(35,36)37)26(34)9-6-18(3)21-7-8-22-27-23(16-25(33)29(21,22)5)28(4)11-10-20(31)14-19(28)15-24(27)32/h17-25,27,31-33H,6-16H2,1-5H3,(H,35,36,37)/p-1/t18-,19+,20-,21-,22+,23+,24-,25+,27+,28+,29-/m1/s1. The van der Waals surface area contributed by atoms with Gasteiger partial charge in [0.25, 0.3) is 0 Å². The average Bonchev–Trinajstić information content (AvgIpc) is 3.17. The van der Waals surface area contributed by atoms with Crippen molar-refractivity contribution in [3.05, 3.63) is 0 Å². The molecule has 0 aromatic heterocycles. The molecule has 0 bridgehead atoms. The molecule has 0 aromatic rings. The number of amides is 1. The minimum atomic E-state index is -4.39. The van der Waals surface area contributed by atoms with Crippen molar-refractivity contribution in [2.24, 2.45) is 46.3 Å². The number of nitrogens with zero attached hydrogens (tertiary/aromatic N) is 1. The summed E-state index contributed by atoms with van der Waals surface area (Å²) in [5, 5.41) is 33.5. The third-order valence-electron chi connectivity index (χ3n) is 11.9. The normalized spacial score (nSPS) is 43.7. The van der Waals surface area contributed by atoms with E-state index in [1.165, 1.54) is 4.90 Å². The predicted molar refractivity (Wildman–Crippen MR) is 144 cm³/mol. The fraction of sp³-hybridized carbons (Fsp3) is 0.966. The summed E-state index contributed by atoms with van der Waals surface area (Å²) in [6, 6.07) is -0.191. The van der Waals surface area contributed by atoms with E-state index >= 15 is 0 Å². The Morgan fingerprint density at radius 1 is 1.03 bits per heavy atom. The number of fused-ring (bicyclic) bond motifs is 5. The van der Waals surface area contributed by atoms with Gasteiger partial charge in [-0.05, 0) is 112 Å². The maximum atomic E-state index is 13.0. The van der Waals surface area contributed by atoms with Crippen LogP contribution >= 0.6 is 0 Å². The molecule has 11 atom stereocenters. The van der Waals surface area contributed by atoms with E-state index in [9.17, 15) is 33.1 Å². The third kappa shape index (κ3) is 5.44. The predicted octanol–water partition coefficient (Wildman–Crippen LogP) is 3.15. The van der Waals surface area contributed by atoms with E-state index in [-0.39, 0.29) is 71.4 Å². The molecular weight excluding hydrogens is 506 g/mol. The van der Waals surface area contributed by atoms with Crippen molar-refractivity contribution in [3.8, 4) is 0 Å². The van der Waals surface area contributed by atoms with E-state index < -0.39 is 28.1 Å². The lowest BCUT2D eigenvalue weighted by molar-refractivity contribution is -0.207. The van der Waals surface area contributed by atoms with E-state index in [4.69, 9.17) is 0 Å². The average molecular weight is 557 g/mol. The first-order valence-electron chi connectivity index (χ1n) is 14.9. The number of hydrogen-bond donors (Lipinski definition) is 3. The van der Waals surface area contributed by atoms with E-state index in [0.717, 1.165) is 38.5 Å². The van der Waals surface area contributed by atoms with Gasteiger partial charge in [0.05, 0.1) is 34.2 Å². The minimum Gasteiger partial charge on any atom is -0.748 e. The molecule has 0 unspecified atom stereocenters. The first-order valence-corrected chi connectivity index (χ1v) is 16.4. The van der Waals surface area contributed by atoms with Gasteiger partial charge >= 0.3 is 0 Å². The van der Waals surface area contributed by atoms with Gasteiger partial charge in [0.15, 0.2) is 0 Å². The molecule has 4 fully saturated rings. The van der Waals surface area contributed by atoms with Crippen LogP contribution in [0.3, 0.4) is 0 Å². The van der Waals surface area contributed by atoms with Crippen LogP contribution in [0, 0.1) is 46.3 Å². The summed E-state index contributed by atoms with van der Waals surface area (Å²) in [5.41, 5.74) is -0.282. The van der Waals surface area contributed by atoms with E-state index in [1.54, 1.807) is 0 Å². The second-order valence-electron chi connectivity index (χ2n) is 14.0. The lowest BCUT2D eigenvalue weighted by Crippen LogP contribution is -2.62. The minimum absolute atomic E-state index is 0.0411. The van der Waals surface area contributed by atoms with E-state index in [1.807, 2.05) is 13.8 Å². The maximum Gasteiger partial charge on any atom is 0.222 e. The van der Waals surface area contributed by atoms with Crippen molar-refractivity contribution < 1.29 is 33.1 Å². The second-order valence-corrected chi connectivity index (χ2v) is 15.5. The van der Waals surface area contributed by atoms with Gasteiger partial charge in [-0.1, -0.05) is 20.8 Å². The number of carbonyl (C=O) groups is 1. The van der Waals surface area contributed by atoms with Crippen molar-refractivity contribution in [3.63, 3.8) is 0 Å². The van der Waals surface area contributed by atoms with Gasteiger partial charge in [0, 0.05) is 19.0 Å². The van der Waals surface area contributed by atoms with Crippen LogP contribution in [0.1, 0.15) is 92.4 Å². The fourth-order valence-corrected chi connectivity index (χ4v) is 10.1. The Hall–Kier alpha value is -0.740. The van der Waals surface area contributed by atoms with Gasteiger partial charge in [-0.25, -0.2) is 8.42 Å². The van der Waals surface area contributed by atoms with Gasteiger partial charge in [-0.15, -0.1) is 0 Å². The molecule has 38 heavy (non-hydrogen) atoms. The highest BCUT2D eigenvalue weighted by atomic mass is 32.2. The van der Waals surface area contributed by atoms with Crippen molar-refractivity contribution in [1.29, 1.82) is 0 Å². The highest BCUT2D eigenvalue weighted by Gasteiger charge is 2.65. The topological polar surface area (TPSA) is 138 Å². The highest BCUT2D eigenvalue weighted by molar-refractivity contribution is 7.85. The van der Waals surface area contributed by atoms with Crippen molar-refractivity contribution in [1.82, 2.24) is 4.90 Å². The molecule has 0 radical (unpaired) electrons. The van der Waals surface area contributed by atoms with Gasteiger partial charge in [0.2, 0.25) is 5.91 Å². The molecule has 3 N–H and O–H groups in total. The van der Waals surface area contributed by atoms with Gasteiger partial charge < -0.3 is 24.8 Å². The summed E-state index contributed by atoms with van der Waals surface area (Å²) in [5.74, 6) is 0.636. The molecule has 9 heteroatoms. The fourth-order valence-electron chi connectivity index (χ4n) is 9.71. The molecule has 4 aliphatic rings. The molecule has 0 aromatic carbocycles. The molecule has 0 aliphatic heterocycles. The van der Waals surface area contributed by atoms with E-state index in [0.29, 0.717) is 18.8 Å². The maximum absolute atomic E-state index is 13.0. The van der Waals surface area contributed by atoms with Crippen LogP contribution in [-0.4, -0.2) is 75.7 Å². The van der Waals surface area contributed by atoms with Crippen molar-refractivity contribution >= 4 is 16.0 Å². The summed E-state index contributed by atoms with van der Waals surface area (Å²) in [4.78, 5) is 14.5. The number of hydrogen-bond acceptors (Lipinski definition) is 7. The second kappa shape index (κ2) is 10.9. The Kier molecular flexibility index (Phi) is 8.68. The van der Waals surface area contributed by atoms with Crippen molar-refractivity contribution in [2.45, 2.75) is 117 Å². The largest absolute Gasteiger partial charge is 0.748 e. The van der Waals surface area contributed by atoms with Crippen LogP contribution in [0.15, 0.2) is 0 Å². The summed E-state index contributed by atoms with van der Waals surface area (Å²) in [6.45, 7) is 10.3. The lowest BCUT2D eigenvalue weighted by Gasteiger charge is -2.63. The molecule has 0 spiro atoms. The molecule has 0 heterocycles. The molecule has 220 valence electrons. The summed E-state index contributed by atoms with van der Waals surface area (Å²) in [7, 11) is -4.39. The molecule has 8 nitrogen and oxygen atoms in total. The molecular formula is C29H50NO7S-. The third-order valence-corrected chi connectivity index (χ3v) is 12.5. The summed E-state index contributed by atoms with van der Waals surface area (Å²) in [6.07, 6.45) is 5.60. The lowest BCUT2D eigenvalue weighted by atomic mass is 9.43. The first kappa shape index (κ1) is 30.2. The molecule has 1 amide bonds. The van der Waals surface area contributed by atoms with Gasteiger partial charge in [-0.2, -0.15) is 0 Å². The number of aliphatic hydroxyl groups is 3. The quantitative estimate of drug-likeness (QED) is 0.391. The molecule has 0 saturated heterocycles. The van der Waals surface area contributed by atoms with Crippen LogP contribution in [-0.2, 0) is 14.9 Å². The monoisotopic (exact) mass is 556 g/mol. The zero-order valence-electron chi connectivity index (χ0n) is 23.9. The van der Waals surface area contributed by atoms with Crippen molar-refractivity contribution in [2.75, 3.05) is 12.3 Å². The smallest absolute Gasteiger partial charge is 0.222 e. The Bertz CT molecular complexity index is 972. The Morgan fingerprint density at radius 3 is 2.34 bits per heavy atom. The first-order chi connectivity index (χ1) is 17.6. The Balaban J connectivity index is 1.46. The van der Waals surface area contributed by atoms with Crippen LogP contribution < -0.4 is 0 Å². The van der Waals surface area contributed by atoms with Gasteiger partial charge in [-0.3, -0.25) is 4.79 Å². The van der Waals surface area contributed by atoms with Crippen LogP contribution in [0.2, 0.25) is 0 Å². The Labute approximate surface area is 229 Å². The van der Waals surface area contributed by atoms with Crippen LogP contribution in [0.4, 0.5) is 0 Å². The molecule has 4 aliphatic carbocycles.